The highest BCUT2D eigenvalue weighted by atomic mass is 79.9. The smallest absolute Gasteiger partial charge is 0.229 e. The summed E-state index contributed by atoms with van der Waals surface area (Å²) in [7, 11) is 0. The molecule has 0 bridgehead atoms. The number of benzene rings is 2. The zero-order valence-corrected chi connectivity index (χ0v) is 18.8. The molecule has 0 aliphatic rings. The lowest BCUT2D eigenvalue weighted by atomic mass is 10.2. The lowest BCUT2D eigenvalue weighted by Crippen LogP contribution is -2.23. The fourth-order valence-corrected chi connectivity index (χ4v) is 3.52. The molecule has 30 heavy (non-hydrogen) atoms. The van der Waals surface area contributed by atoms with Gasteiger partial charge in [0, 0.05) is 23.3 Å². The fraction of sp³-hybridized carbons (Fsp3) is 0.238. The van der Waals surface area contributed by atoms with Crippen molar-refractivity contribution in [1.82, 2.24) is 14.7 Å². The van der Waals surface area contributed by atoms with Gasteiger partial charge in [-0.2, -0.15) is 4.98 Å². The third-order valence-corrected chi connectivity index (χ3v) is 5.67. The van der Waals surface area contributed by atoms with E-state index in [1.54, 1.807) is 18.3 Å². The molecule has 9 heteroatoms. The molecule has 0 aliphatic heterocycles. The topological polar surface area (TPSA) is 82.1 Å². The van der Waals surface area contributed by atoms with Gasteiger partial charge in [0.1, 0.15) is 11.6 Å². The molecule has 3 aromatic rings. The highest BCUT2D eigenvalue weighted by Gasteiger charge is 2.10. The Morgan fingerprint density at radius 1 is 1.13 bits per heavy atom. The molecule has 0 amide bonds. The van der Waals surface area contributed by atoms with Gasteiger partial charge in [-0.15, -0.1) is 0 Å². The minimum atomic E-state index is -0.231. The van der Waals surface area contributed by atoms with Gasteiger partial charge in [0.15, 0.2) is 0 Å². The standard InChI is InChI=1S/C21H23BrFN5OS/c1-2-16(13-29)26-20-19(22)12-24-21(28-20)27-17-7-9-18(10-8-17)30-25-11-14-3-5-15(23)6-4-14/h3-10,12,16,25,29H,2,11,13H2,1H3,(H2,24,26,27,28)/t16-/m1/s1. The molecule has 0 fully saturated rings. The molecule has 1 heterocycles. The first kappa shape index (κ1) is 22.5. The van der Waals surface area contributed by atoms with E-state index in [1.807, 2.05) is 31.2 Å². The summed E-state index contributed by atoms with van der Waals surface area (Å²) in [6.07, 6.45) is 2.45. The second kappa shape index (κ2) is 11.3. The van der Waals surface area contributed by atoms with Gasteiger partial charge in [-0.05, 0) is 76.3 Å². The van der Waals surface area contributed by atoms with Gasteiger partial charge >= 0.3 is 0 Å². The molecule has 2 aromatic carbocycles. The minimum Gasteiger partial charge on any atom is -0.394 e. The zero-order valence-electron chi connectivity index (χ0n) is 16.4. The maximum Gasteiger partial charge on any atom is 0.229 e. The van der Waals surface area contributed by atoms with Gasteiger partial charge in [0.25, 0.3) is 0 Å². The Kier molecular flexibility index (Phi) is 8.44. The first-order valence-electron chi connectivity index (χ1n) is 9.48. The van der Waals surface area contributed by atoms with Crippen LogP contribution in [0, 0.1) is 5.82 Å². The highest BCUT2D eigenvalue weighted by molar-refractivity contribution is 9.10. The van der Waals surface area contributed by atoms with E-state index in [1.165, 1.54) is 24.1 Å². The summed E-state index contributed by atoms with van der Waals surface area (Å²) in [5.41, 5.74) is 1.88. The van der Waals surface area contributed by atoms with Crippen molar-refractivity contribution in [3.8, 4) is 0 Å². The molecular weight excluding hydrogens is 469 g/mol. The predicted octanol–water partition coefficient (Wildman–Crippen LogP) is 5.10. The van der Waals surface area contributed by atoms with Gasteiger partial charge in [-0.25, -0.2) is 9.37 Å². The van der Waals surface area contributed by atoms with Crippen molar-refractivity contribution in [3.63, 3.8) is 0 Å². The normalized spacial score (nSPS) is 11.9. The second-order valence-electron chi connectivity index (χ2n) is 6.52. The Morgan fingerprint density at radius 3 is 2.53 bits per heavy atom. The first-order valence-corrected chi connectivity index (χ1v) is 11.1. The summed E-state index contributed by atoms with van der Waals surface area (Å²) in [5, 5.41) is 15.8. The molecule has 4 N–H and O–H groups in total. The number of aromatic nitrogens is 2. The number of rotatable bonds is 10. The van der Waals surface area contributed by atoms with Crippen molar-refractivity contribution in [2.75, 3.05) is 17.2 Å². The molecule has 0 radical (unpaired) electrons. The van der Waals surface area contributed by atoms with Crippen molar-refractivity contribution in [2.45, 2.75) is 30.8 Å². The van der Waals surface area contributed by atoms with Crippen molar-refractivity contribution < 1.29 is 9.50 Å². The van der Waals surface area contributed by atoms with E-state index in [0.717, 1.165) is 27.0 Å². The van der Waals surface area contributed by atoms with Crippen LogP contribution in [0.3, 0.4) is 0 Å². The fourth-order valence-electron chi connectivity index (χ4n) is 2.54. The van der Waals surface area contributed by atoms with Crippen LogP contribution in [0.1, 0.15) is 18.9 Å². The van der Waals surface area contributed by atoms with Gasteiger partial charge in [-0.3, -0.25) is 4.72 Å². The van der Waals surface area contributed by atoms with Crippen LogP contribution in [0.25, 0.3) is 0 Å². The van der Waals surface area contributed by atoms with E-state index >= 15 is 0 Å². The maximum atomic E-state index is 12.9. The molecule has 0 aliphatic carbocycles. The van der Waals surface area contributed by atoms with E-state index in [2.05, 4.69) is 41.3 Å². The highest BCUT2D eigenvalue weighted by Crippen LogP contribution is 2.24. The average Bonchev–Trinajstić information content (AvgIpc) is 2.76. The van der Waals surface area contributed by atoms with Crippen molar-refractivity contribution in [3.05, 3.63) is 70.6 Å². The third kappa shape index (κ3) is 6.66. The van der Waals surface area contributed by atoms with Gasteiger partial charge in [0.05, 0.1) is 17.1 Å². The molecule has 0 saturated heterocycles. The van der Waals surface area contributed by atoms with Crippen LogP contribution in [-0.2, 0) is 6.54 Å². The third-order valence-electron chi connectivity index (χ3n) is 4.29. The van der Waals surface area contributed by atoms with E-state index in [-0.39, 0.29) is 18.5 Å². The van der Waals surface area contributed by atoms with E-state index in [9.17, 15) is 9.50 Å². The van der Waals surface area contributed by atoms with Crippen LogP contribution in [0.5, 0.6) is 0 Å². The molecular formula is C21H23BrFN5OS. The molecule has 6 nitrogen and oxygen atoms in total. The Morgan fingerprint density at radius 2 is 1.87 bits per heavy atom. The summed E-state index contributed by atoms with van der Waals surface area (Å²) in [4.78, 5) is 9.82. The number of aliphatic hydroxyl groups excluding tert-OH is 1. The van der Waals surface area contributed by atoms with E-state index in [0.29, 0.717) is 18.3 Å². The van der Waals surface area contributed by atoms with E-state index in [4.69, 9.17) is 0 Å². The molecule has 1 aromatic heterocycles. The van der Waals surface area contributed by atoms with Crippen LogP contribution >= 0.6 is 27.9 Å². The zero-order chi connectivity index (χ0) is 21.3. The van der Waals surface area contributed by atoms with Gasteiger partial charge in [0.2, 0.25) is 5.95 Å². The first-order chi connectivity index (χ1) is 14.6. The molecule has 0 unspecified atom stereocenters. The number of aliphatic hydroxyl groups is 1. The summed E-state index contributed by atoms with van der Waals surface area (Å²) < 4.78 is 16.9. The monoisotopic (exact) mass is 491 g/mol. The van der Waals surface area contributed by atoms with Crippen LogP contribution in [0.2, 0.25) is 0 Å². The van der Waals surface area contributed by atoms with Crippen molar-refractivity contribution in [1.29, 1.82) is 0 Å². The average molecular weight is 492 g/mol. The summed E-state index contributed by atoms with van der Waals surface area (Å²) >= 11 is 4.94. The van der Waals surface area contributed by atoms with Gasteiger partial charge < -0.3 is 15.7 Å². The van der Waals surface area contributed by atoms with Crippen LogP contribution in [0.4, 0.5) is 21.8 Å². The van der Waals surface area contributed by atoms with Crippen LogP contribution in [0.15, 0.2) is 64.1 Å². The molecule has 1 atom stereocenters. The minimum absolute atomic E-state index is 0.0318. The number of nitrogens with zero attached hydrogens (tertiary/aromatic N) is 2. The number of hydrogen-bond donors (Lipinski definition) is 4. The Balaban J connectivity index is 1.55. The number of hydrogen-bond acceptors (Lipinski definition) is 7. The maximum absolute atomic E-state index is 12.9. The number of anilines is 3. The SMILES string of the molecule is CC[C@H](CO)Nc1nc(Nc2ccc(SNCc3ccc(F)cc3)cc2)ncc1Br. The van der Waals surface area contributed by atoms with E-state index < -0.39 is 0 Å². The Labute approximate surface area is 188 Å². The molecule has 3 rings (SSSR count). The number of halogens is 2. The Bertz CT molecular complexity index is 939. The molecule has 0 saturated carbocycles. The van der Waals surface area contributed by atoms with Crippen molar-refractivity contribution in [2.24, 2.45) is 0 Å². The summed E-state index contributed by atoms with van der Waals surface area (Å²) in [6, 6.07) is 14.2. The predicted molar refractivity (Wildman–Crippen MR) is 123 cm³/mol. The van der Waals surface area contributed by atoms with Gasteiger partial charge in [-0.1, -0.05) is 19.1 Å². The second-order valence-corrected chi connectivity index (χ2v) is 8.34. The molecule has 158 valence electrons. The van der Waals surface area contributed by atoms with Crippen LogP contribution < -0.4 is 15.4 Å². The summed E-state index contributed by atoms with van der Waals surface area (Å²) in [5.74, 6) is 0.861. The Hall–Kier alpha value is -2.20. The van der Waals surface area contributed by atoms with Crippen molar-refractivity contribution >= 4 is 45.3 Å². The lowest BCUT2D eigenvalue weighted by molar-refractivity contribution is 0.271. The quantitative estimate of drug-likeness (QED) is 0.293. The lowest BCUT2D eigenvalue weighted by Gasteiger charge is -2.16. The van der Waals surface area contributed by atoms with Crippen LogP contribution in [-0.4, -0.2) is 27.7 Å². The number of nitrogens with one attached hydrogen (secondary N) is 3. The summed E-state index contributed by atoms with van der Waals surface area (Å²) in [6.45, 7) is 2.67. The largest absolute Gasteiger partial charge is 0.394 e. The molecule has 0 spiro atoms.